The van der Waals surface area contributed by atoms with Gasteiger partial charge in [-0.3, -0.25) is 4.79 Å². The Bertz CT molecular complexity index is 531. The van der Waals surface area contributed by atoms with Gasteiger partial charge in [0.15, 0.2) is 0 Å². The zero-order chi connectivity index (χ0) is 15.1. The van der Waals surface area contributed by atoms with Gasteiger partial charge in [-0.05, 0) is 47.6 Å². The van der Waals surface area contributed by atoms with E-state index in [9.17, 15) is 10.1 Å². The lowest BCUT2D eigenvalue weighted by Gasteiger charge is -2.26. The van der Waals surface area contributed by atoms with Crippen molar-refractivity contribution in [1.29, 1.82) is 5.26 Å². The summed E-state index contributed by atoms with van der Waals surface area (Å²) in [6, 6.07) is 10.2. The first kappa shape index (κ1) is 16.1. The lowest BCUT2D eigenvalue weighted by atomic mass is 9.92. The summed E-state index contributed by atoms with van der Waals surface area (Å²) in [5.41, 5.74) is 0.277. The van der Waals surface area contributed by atoms with Crippen molar-refractivity contribution in [3.8, 4) is 6.07 Å². The second kappa shape index (κ2) is 7.64. The van der Waals surface area contributed by atoms with Crippen molar-refractivity contribution >= 4 is 34.2 Å². The van der Waals surface area contributed by atoms with Gasteiger partial charge in [0.1, 0.15) is 5.54 Å². The van der Waals surface area contributed by atoms with Crippen LogP contribution in [-0.4, -0.2) is 18.0 Å². The monoisotopic (exact) mass is 397 g/mol. The molecule has 0 saturated heterocycles. The van der Waals surface area contributed by atoms with E-state index >= 15 is 0 Å². The molecule has 2 N–H and O–H groups in total. The van der Waals surface area contributed by atoms with Crippen LogP contribution in [0, 0.1) is 14.9 Å². The maximum atomic E-state index is 12.1. The zero-order valence-corrected chi connectivity index (χ0v) is 14.2. The molecule has 112 valence electrons. The summed E-state index contributed by atoms with van der Waals surface area (Å²) in [7, 11) is 0. The molecule has 1 amide bonds. The molecule has 1 fully saturated rings. The number of nitriles is 1. The van der Waals surface area contributed by atoms with Crippen LogP contribution in [0.5, 0.6) is 0 Å². The third-order valence-electron chi connectivity index (χ3n) is 3.86. The van der Waals surface area contributed by atoms with Crippen molar-refractivity contribution in [2.45, 2.75) is 44.1 Å². The van der Waals surface area contributed by atoms with Gasteiger partial charge < -0.3 is 10.6 Å². The number of amides is 1. The number of carbonyl (C=O) groups excluding carboxylic acids is 1. The van der Waals surface area contributed by atoms with E-state index in [1.54, 1.807) is 0 Å². The quantitative estimate of drug-likeness (QED) is 0.605. The predicted octanol–water partition coefficient (Wildman–Crippen LogP) is 3.44. The summed E-state index contributed by atoms with van der Waals surface area (Å²) in [4.78, 5) is 12.1. The fraction of sp³-hybridized carbons (Fsp3) is 0.500. The van der Waals surface area contributed by atoms with Gasteiger partial charge in [-0.25, -0.2) is 0 Å². The van der Waals surface area contributed by atoms with E-state index in [-0.39, 0.29) is 12.5 Å². The van der Waals surface area contributed by atoms with Crippen LogP contribution >= 0.6 is 22.6 Å². The van der Waals surface area contributed by atoms with E-state index in [4.69, 9.17) is 0 Å². The molecule has 0 spiro atoms. The van der Waals surface area contributed by atoms with Crippen LogP contribution < -0.4 is 10.6 Å². The highest BCUT2D eigenvalue weighted by Crippen LogP contribution is 2.26. The summed E-state index contributed by atoms with van der Waals surface area (Å²) in [6.07, 6.45) is 5.85. The second-order valence-electron chi connectivity index (χ2n) is 5.49. The lowest BCUT2D eigenvalue weighted by molar-refractivity contribution is -0.120. The van der Waals surface area contributed by atoms with E-state index < -0.39 is 5.54 Å². The van der Waals surface area contributed by atoms with Gasteiger partial charge in [0, 0.05) is 9.26 Å². The van der Waals surface area contributed by atoms with Crippen molar-refractivity contribution < 1.29 is 4.79 Å². The Labute approximate surface area is 139 Å². The maximum absolute atomic E-state index is 12.1. The first-order chi connectivity index (χ1) is 10.2. The summed E-state index contributed by atoms with van der Waals surface area (Å²) in [5.74, 6) is -0.113. The molecule has 0 aliphatic heterocycles. The minimum Gasteiger partial charge on any atom is -0.375 e. The third kappa shape index (κ3) is 4.60. The van der Waals surface area contributed by atoms with Crippen LogP contribution in [0.1, 0.15) is 38.5 Å². The summed E-state index contributed by atoms with van der Waals surface area (Å²) >= 11 is 2.23. The summed E-state index contributed by atoms with van der Waals surface area (Å²) in [5, 5.41) is 15.5. The molecule has 4 nitrogen and oxygen atoms in total. The number of carbonyl (C=O) groups is 1. The smallest absolute Gasteiger partial charge is 0.240 e. The third-order valence-corrected chi connectivity index (χ3v) is 4.80. The highest BCUT2D eigenvalue weighted by Gasteiger charge is 2.32. The molecule has 0 atom stereocenters. The van der Waals surface area contributed by atoms with E-state index in [2.05, 4.69) is 39.3 Å². The van der Waals surface area contributed by atoms with Crippen molar-refractivity contribution in [1.82, 2.24) is 5.32 Å². The molecule has 1 aliphatic carbocycles. The Morgan fingerprint density at radius 2 is 1.90 bits per heavy atom. The number of rotatable bonds is 4. The summed E-state index contributed by atoms with van der Waals surface area (Å²) in [6.45, 7) is 0.198. The number of para-hydroxylation sites is 1. The van der Waals surface area contributed by atoms with Gasteiger partial charge in [-0.2, -0.15) is 5.26 Å². The molecular weight excluding hydrogens is 377 g/mol. The van der Waals surface area contributed by atoms with Crippen molar-refractivity contribution in [3.63, 3.8) is 0 Å². The van der Waals surface area contributed by atoms with Crippen molar-refractivity contribution in [2.75, 3.05) is 11.9 Å². The number of halogens is 1. The number of hydrogen-bond donors (Lipinski definition) is 2. The van der Waals surface area contributed by atoms with Crippen LogP contribution in [0.4, 0.5) is 5.69 Å². The van der Waals surface area contributed by atoms with Crippen LogP contribution in [-0.2, 0) is 4.79 Å². The number of benzene rings is 1. The van der Waals surface area contributed by atoms with E-state index in [1.807, 2.05) is 24.3 Å². The van der Waals surface area contributed by atoms with Gasteiger partial charge >= 0.3 is 0 Å². The molecule has 5 heteroatoms. The van der Waals surface area contributed by atoms with E-state index in [1.165, 1.54) is 0 Å². The standard InChI is InChI=1S/C16H20IN3O/c17-13-7-3-4-8-14(13)19-11-15(21)20-16(12-18)9-5-1-2-6-10-16/h3-4,7-8,19H,1-2,5-6,9-11H2,(H,20,21). The highest BCUT2D eigenvalue weighted by molar-refractivity contribution is 14.1. The maximum Gasteiger partial charge on any atom is 0.240 e. The van der Waals surface area contributed by atoms with Gasteiger partial charge in [0.25, 0.3) is 0 Å². The number of nitrogens with one attached hydrogen (secondary N) is 2. The molecule has 1 saturated carbocycles. The molecule has 0 unspecified atom stereocenters. The topological polar surface area (TPSA) is 64.9 Å². The van der Waals surface area contributed by atoms with Crippen molar-refractivity contribution in [2.24, 2.45) is 0 Å². The second-order valence-corrected chi connectivity index (χ2v) is 6.65. The van der Waals surface area contributed by atoms with Gasteiger partial charge in [0.2, 0.25) is 5.91 Å². The molecule has 1 aromatic rings. The van der Waals surface area contributed by atoms with Crippen molar-refractivity contribution in [3.05, 3.63) is 27.8 Å². The van der Waals surface area contributed by atoms with Gasteiger partial charge in [0.05, 0.1) is 12.6 Å². The molecule has 0 aromatic heterocycles. The average molecular weight is 397 g/mol. The van der Waals surface area contributed by atoms with Crippen LogP contribution in [0.3, 0.4) is 0 Å². The molecule has 0 heterocycles. The Morgan fingerprint density at radius 1 is 1.24 bits per heavy atom. The lowest BCUT2D eigenvalue weighted by Crippen LogP contribution is -2.49. The van der Waals surface area contributed by atoms with Crippen LogP contribution in [0.15, 0.2) is 24.3 Å². The minimum absolute atomic E-state index is 0.113. The SMILES string of the molecule is N#CC1(NC(=O)CNc2ccccc2I)CCCCCC1. The highest BCUT2D eigenvalue weighted by atomic mass is 127. The number of nitrogens with zero attached hydrogens (tertiary/aromatic N) is 1. The Morgan fingerprint density at radius 3 is 2.52 bits per heavy atom. The number of hydrogen-bond acceptors (Lipinski definition) is 3. The van der Waals surface area contributed by atoms with Gasteiger partial charge in [-0.1, -0.05) is 37.8 Å². The molecular formula is C16H20IN3O. The zero-order valence-electron chi connectivity index (χ0n) is 12.0. The molecule has 1 aromatic carbocycles. The Balaban J connectivity index is 1.91. The fourth-order valence-electron chi connectivity index (χ4n) is 2.69. The largest absolute Gasteiger partial charge is 0.375 e. The predicted molar refractivity (Wildman–Crippen MR) is 91.8 cm³/mol. The molecule has 0 radical (unpaired) electrons. The number of anilines is 1. The van der Waals surface area contributed by atoms with Crippen LogP contribution in [0.2, 0.25) is 0 Å². The van der Waals surface area contributed by atoms with E-state index in [0.717, 1.165) is 47.8 Å². The molecule has 2 rings (SSSR count). The first-order valence-corrected chi connectivity index (χ1v) is 8.44. The molecule has 0 bridgehead atoms. The van der Waals surface area contributed by atoms with E-state index in [0.29, 0.717) is 0 Å². The average Bonchev–Trinajstić information content (AvgIpc) is 2.72. The normalized spacial score (nSPS) is 17.3. The molecule has 1 aliphatic rings. The first-order valence-electron chi connectivity index (χ1n) is 7.36. The molecule has 21 heavy (non-hydrogen) atoms. The summed E-state index contributed by atoms with van der Waals surface area (Å²) < 4.78 is 1.08. The van der Waals surface area contributed by atoms with Gasteiger partial charge in [-0.15, -0.1) is 0 Å². The Hall–Kier alpha value is -1.29. The minimum atomic E-state index is -0.668. The van der Waals surface area contributed by atoms with Crippen LogP contribution in [0.25, 0.3) is 0 Å². The Kier molecular flexibility index (Phi) is 5.85. The fourth-order valence-corrected chi connectivity index (χ4v) is 3.27.